The molecule has 1 heterocycles. The Bertz CT molecular complexity index is 275. The molecule has 0 saturated heterocycles. The lowest BCUT2D eigenvalue weighted by Crippen LogP contribution is -2.22. The number of rotatable bonds is 1. The van der Waals surface area contributed by atoms with Crippen LogP contribution in [0.3, 0.4) is 0 Å². The second kappa shape index (κ2) is 3.09. The van der Waals surface area contributed by atoms with Crippen LogP contribution in [-0.4, -0.2) is 13.1 Å². The van der Waals surface area contributed by atoms with Gasteiger partial charge in [-0.05, 0) is 6.07 Å². The zero-order chi connectivity index (χ0) is 8.27. The van der Waals surface area contributed by atoms with E-state index in [1.807, 2.05) is 0 Å². The Labute approximate surface area is 63.0 Å². The molecule has 0 aliphatic carbocycles. The van der Waals surface area contributed by atoms with Gasteiger partial charge in [0.2, 0.25) is 12.4 Å². The highest BCUT2D eigenvalue weighted by molar-refractivity contribution is 5.88. The van der Waals surface area contributed by atoms with Crippen LogP contribution in [0, 0.1) is 0 Å². The van der Waals surface area contributed by atoms with Crippen LogP contribution in [-0.2, 0) is 4.74 Å². The molecule has 1 rings (SSSR count). The molecule has 0 N–H and O–H groups in total. The number of esters is 1. The second-order valence-electron chi connectivity index (χ2n) is 1.93. The summed E-state index contributed by atoms with van der Waals surface area (Å²) >= 11 is 0. The minimum absolute atomic E-state index is 0.192. The molecule has 1 aromatic heterocycles. The van der Waals surface area contributed by atoms with Gasteiger partial charge in [-0.15, -0.1) is 0 Å². The summed E-state index contributed by atoms with van der Waals surface area (Å²) in [6, 6.07) is 2.90. The first kappa shape index (κ1) is 7.65. The number of aromatic nitrogens is 1. The maximum atomic E-state index is 12.4. The van der Waals surface area contributed by atoms with Crippen LogP contribution in [0.4, 0.5) is 4.48 Å². The van der Waals surface area contributed by atoms with Gasteiger partial charge in [0.15, 0.2) is 0 Å². The van der Waals surface area contributed by atoms with Crippen molar-refractivity contribution in [3.8, 4) is 0 Å². The van der Waals surface area contributed by atoms with Crippen molar-refractivity contribution in [3.05, 3.63) is 30.1 Å². The third-order valence-electron chi connectivity index (χ3n) is 1.19. The molecule has 0 fully saturated rings. The topological polar surface area (TPSA) is 30.2 Å². The molecule has 0 bridgehead atoms. The van der Waals surface area contributed by atoms with Gasteiger partial charge in [-0.3, -0.25) is 0 Å². The molecular formula is C7H7FNO2+. The highest BCUT2D eigenvalue weighted by Gasteiger charge is 2.09. The Balaban J connectivity index is 2.96. The van der Waals surface area contributed by atoms with E-state index in [0.29, 0.717) is 4.79 Å². The fourth-order valence-electron chi connectivity index (χ4n) is 0.686. The third-order valence-corrected chi connectivity index (χ3v) is 1.19. The van der Waals surface area contributed by atoms with Gasteiger partial charge >= 0.3 is 5.97 Å². The van der Waals surface area contributed by atoms with Crippen molar-refractivity contribution < 1.29 is 18.8 Å². The van der Waals surface area contributed by atoms with Crippen LogP contribution in [0.15, 0.2) is 24.5 Å². The number of methoxy groups -OCH3 is 1. The van der Waals surface area contributed by atoms with Crippen molar-refractivity contribution in [1.82, 2.24) is 0 Å². The molecule has 0 aliphatic heterocycles. The number of carbonyl (C=O) groups excluding carboxylic acids is 1. The average Bonchev–Trinajstić information content (AvgIpc) is 2.03. The van der Waals surface area contributed by atoms with Gasteiger partial charge in [-0.25, -0.2) is 4.79 Å². The minimum Gasteiger partial charge on any atom is -0.465 e. The van der Waals surface area contributed by atoms with Gasteiger partial charge < -0.3 is 4.74 Å². The number of ether oxygens (including phenoxy) is 1. The average molecular weight is 156 g/mol. The largest absolute Gasteiger partial charge is 0.465 e. The molecule has 58 valence electrons. The standard InChI is InChI=1S/C7H7FNO2/c1-11-7(10)6-3-2-4-9(8)5-6/h2-5H,1H3/q+1. The summed E-state index contributed by atoms with van der Waals surface area (Å²) in [5.74, 6) is -0.544. The zero-order valence-corrected chi connectivity index (χ0v) is 5.95. The monoisotopic (exact) mass is 156 g/mol. The van der Waals surface area contributed by atoms with Crippen LogP contribution >= 0.6 is 0 Å². The van der Waals surface area contributed by atoms with Gasteiger partial charge in [-0.1, -0.05) is 0 Å². The first-order valence-electron chi connectivity index (χ1n) is 3.00. The molecule has 0 aliphatic rings. The van der Waals surface area contributed by atoms with E-state index in [1.165, 1.54) is 25.4 Å². The Kier molecular flexibility index (Phi) is 2.15. The Morgan fingerprint density at radius 2 is 2.45 bits per heavy atom. The molecule has 4 heteroatoms. The lowest BCUT2D eigenvalue weighted by molar-refractivity contribution is -0.844. The molecule has 0 spiro atoms. The van der Waals surface area contributed by atoms with E-state index in [1.54, 1.807) is 0 Å². The van der Waals surface area contributed by atoms with Crippen molar-refractivity contribution in [3.63, 3.8) is 0 Å². The van der Waals surface area contributed by atoms with Crippen molar-refractivity contribution in [2.24, 2.45) is 0 Å². The van der Waals surface area contributed by atoms with Gasteiger partial charge in [-0.2, -0.15) is 0 Å². The zero-order valence-electron chi connectivity index (χ0n) is 5.95. The van der Waals surface area contributed by atoms with Crippen LogP contribution < -0.4 is 4.79 Å². The van der Waals surface area contributed by atoms with Gasteiger partial charge in [0.1, 0.15) is 5.56 Å². The fraction of sp³-hybridized carbons (Fsp3) is 0.143. The van der Waals surface area contributed by atoms with Crippen molar-refractivity contribution in [1.29, 1.82) is 0 Å². The predicted molar refractivity (Wildman–Crippen MR) is 34.5 cm³/mol. The van der Waals surface area contributed by atoms with Crippen molar-refractivity contribution >= 4 is 5.97 Å². The summed E-state index contributed by atoms with van der Waals surface area (Å²) in [7, 11) is 1.25. The normalized spacial score (nSPS) is 9.27. The lowest BCUT2D eigenvalue weighted by atomic mass is 10.3. The number of carbonyl (C=O) groups is 1. The third kappa shape index (κ3) is 1.73. The Hall–Kier alpha value is -1.45. The smallest absolute Gasteiger partial charge is 0.344 e. The lowest BCUT2D eigenvalue weighted by Gasteiger charge is -1.92. The minimum atomic E-state index is -0.544. The molecule has 0 aromatic carbocycles. The predicted octanol–water partition coefficient (Wildman–Crippen LogP) is 0.493. The molecular weight excluding hydrogens is 149 g/mol. The Morgan fingerprint density at radius 1 is 1.73 bits per heavy atom. The van der Waals surface area contributed by atoms with Crippen LogP contribution in [0.25, 0.3) is 0 Å². The maximum Gasteiger partial charge on any atom is 0.344 e. The molecule has 0 amide bonds. The van der Waals surface area contributed by atoms with Crippen molar-refractivity contribution in [2.75, 3.05) is 7.11 Å². The number of pyridine rings is 1. The molecule has 0 saturated carbocycles. The van der Waals surface area contributed by atoms with Gasteiger partial charge in [0, 0.05) is 10.9 Å². The van der Waals surface area contributed by atoms with E-state index in [2.05, 4.69) is 4.74 Å². The Morgan fingerprint density at radius 3 is 3.00 bits per heavy atom. The summed E-state index contributed by atoms with van der Waals surface area (Å²) in [6.45, 7) is 0. The first-order chi connectivity index (χ1) is 5.24. The number of nitrogens with zero attached hydrogens (tertiary/aromatic N) is 1. The van der Waals surface area contributed by atoms with E-state index in [-0.39, 0.29) is 5.56 Å². The van der Waals surface area contributed by atoms with Gasteiger partial charge in [0.25, 0.3) is 0 Å². The fourth-order valence-corrected chi connectivity index (χ4v) is 0.686. The van der Waals surface area contributed by atoms with Crippen LogP contribution in [0.5, 0.6) is 0 Å². The van der Waals surface area contributed by atoms with E-state index in [4.69, 9.17) is 0 Å². The number of hydrogen-bond acceptors (Lipinski definition) is 2. The number of halogens is 1. The van der Waals surface area contributed by atoms with E-state index in [9.17, 15) is 9.28 Å². The molecule has 1 aromatic rings. The quantitative estimate of drug-likeness (QED) is 0.554. The number of hydrogen-bond donors (Lipinski definition) is 0. The SMILES string of the molecule is COC(=O)c1ccc[n+](F)c1. The summed E-state index contributed by atoms with van der Waals surface area (Å²) in [4.78, 5) is 11.1. The summed E-state index contributed by atoms with van der Waals surface area (Å²) in [6.07, 6.45) is 2.23. The van der Waals surface area contributed by atoms with E-state index < -0.39 is 5.97 Å². The van der Waals surface area contributed by atoms with Crippen LogP contribution in [0.1, 0.15) is 10.4 Å². The van der Waals surface area contributed by atoms with E-state index in [0.717, 1.165) is 6.20 Å². The second-order valence-corrected chi connectivity index (χ2v) is 1.93. The molecule has 0 radical (unpaired) electrons. The molecule has 0 unspecified atom stereocenters. The highest BCUT2D eigenvalue weighted by atomic mass is 19.2. The summed E-state index contributed by atoms with van der Waals surface area (Å²) in [5.41, 5.74) is 0.192. The summed E-state index contributed by atoms with van der Waals surface area (Å²) in [5, 5.41) is 0. The first-order valence-corrected chi connectivity index (χ1v) is 3.00. The molecule has 11 heavy (non-hydrogen) atoms. The van der Waals surface area contributed by atoms with Gasteiger partial charge in [0.05, 0.1) is 11.6 Å². The van der Waals surface area contributed by atoms with E-state index >= 15 is 0 Å². The summed E-state index contributed by atoms with van der Waals surface area (Å²) < 4.78 is 16.7. The van der Waals surface area contributed by atoms with Crippen molar-refractivity contribution in [2.45, 2.75) is 0 Å². The molecule has 0 atom stereocenters. The molecule has 3 nitrogen and oxygen atoms in total. The highest BCUT2D eigenvalue weighted by Crippen LogP contribution is 1.95. The maximum absolute atomic E-state index is 12.4. The van der Waals surface area contributed by atoms with Crippen LogP contribution in [0.2, 0.25) is 0 Å².